The van der Waals surface area contributed by atoms with Gasteiger partial charge >= 0.3 is 0 Å². The highest BCUT2D eigenvalue weighted by atomic mass is 32.2. The molecule has 1 fully saturated rings. The van der Waals surface area contributed by atoms with Crippen molar-refractivity contribution >= 4 is 10.2 Å². The van der Waals surface area contributed by atoms with Crippen LogP contribution in [0.15, 0.2) is 0 Å². The van der Waals surface area contributed by atoms with Gasteiger partial charge in [-0.05, 0) is 5.92 Å². The second-order valence-electron chi connectivity index (χ2n) is 4.29. The summed E-state index contributed by atoms with van der Waals surface area (Å²) in [5, 5.41) is 3.14. The summed E-state index contributed by atoms with van der Waals surface area (Å²) in [6, 6.07) is 0. The molecule has 0 aromatic heterocycles. The summed E-state index contributed by atoms with van der Waals surface area (Å²) in [7, 11) is -3.38. The molecule has 1 atom stereocenters. The summed E-state index contributed by atoms with van der Waals surface area (Å²) in [5.41, 5.74) is 0. The van der Waals surface area contributed by atoms with Crippen molar-refractivity contribution in [3.8, 4) is 0 Å². The Kier molecular flexibility index (Phi) is 5.63. The average molecular weight is 251 g/mol. The SMILES string of the molecule is CC(C)CNS(=O)(=O)NCC1CNCCO1. The van der Waals surface area contributed by atoms with Crippen LogP contribution in [0.25, 0.3) is 0 Å². The summed E-state index contributed by atoms with van der Waals surface area (Å²) in [5.74, 6) is 0.296. The molecule has 1 heterocycles. The first kappa shape index (κ1) is 13.9. The first-order valence-electron chi connectivity index (χ1n) is 5.56. The van der Waals surface area contributed by atoms with Crippen LogP contribution in [0.2, 0.25) is 0 Å². The predicted molar refractivity (Wildman–Crippen MR) is 62.4 cm³/mol. The molecule has 7 heteroatoms. The highest BCUT2D eigenvalue weighted by molar-refractivity contribution is 7.87. The molecular weight excluding hydrogens is 230 g/mol. The third-order valence-electron chi connectivity index (χ3n) is 2.19. The van der Waals surface area contributed by atoms with E-state index in [0.29, 0.717) is 32.2 Å². The highest BCUT2D eigenvalue weighted by Crippen LogP contribution is 1.95. The Bertz CT molecular complexity index is 286. The molecule has 1 unspecified atom stereocenters. The number of hydrogen-bond acceptors (Lipinski definition) is 4. The topological polar surface area (TPSA) is 79.5 Å². The summed E-state index contributed by atoms with van der Waals surface area (Å²) in [6.07, 6.45) is -0.0793. The largest absolute Gasteiger partial charge is 0.374 e. The number of nitrogens with one attached hydrogen (secondary N) is 3. The zero-order valence-corrected chi connectivity index (χ0v) is 10.6. The van der Waals surface area contributed by atoms with Crippen LogP contribution in [-0.4, -0.2) is 47.3 Å². The molecule has 0 aliphatic carbocycles. The van der Waals surface area contributed by atoms with Crippen molar-refractivity contribution in [1.82, 2.24) is 14.8 Å². The molecule has 6 nitrogen and oxygen atoms in total. The fraction of sp³-hybridized carbons (Fsp3) is 1.00. The predicted octanol–water partition coefficient (Wildman–Crippen LogP) is -0.945. The third kappa shape index (κ3) is 5.76. The lowest BCUT2D eigenvalue weighted by molar-refractivity contribution is 0.0323. The first-order valence-corrected chi connectivity index (χ1v) is 7.04. The molecule has 0 saturated carbocycles. The Morgan fingerprint density at radius 2 is 2.19 bits per heavy atom. The van der Waals surface area contributed by atoms with Gasteiger partial charge < -0.3 is 10.1 Å². The maximum Gasteiger partial charge on any atom is 0.277 e. The van der Waals surface area contributed by atoms with Crippen molar-refractivity contribution in [3.63, 3.8) is 0 Å². The van der Waals surface area contributed by atoms with Crippen molar-refractivity contribution < 1.29 is 13.2 Å². The van der Waals surface area contributed by atoms with E-state index >= 15 is 0 Å². The minimum absolute atomic E-state index is 0.0793. The van der Waals surface area contributed by atoms with E-state index in [1.807, 2.05) is 13.8 Å². The van der Waals surface area contributed by atoms with Gasteiger partial charge in [-0.25, -0.2) is 4.72 Å². The van der Waals surface area contributed by atoms with Crippen molar-refractivity contribution in [2.45, 2.75) is 20.0 Å². The van der Waals surface area contributed by atoms with Crippen LogP contribution in [-0.2, 0) is 14.9 Å². The molecule has 1 saturated heterocycles. The van der Waals surface area contributed by atoms with Crippen LogP contribution >= 0.6 is 0 Å². The minimum Gasteiger partial charge on any atom is -0.374 e. The first-order chi connectivity index (χ1) is 7.49. The molecule has 16 heavy (non-hydrogen) atoms. The maximum atomic E-state index is 11.5. The molecule has 0 amide bonds. The van der Waals surface area contributed by atoms with Gasteiger partial charge in [-0.1, -0.05) is 13.8 Å². The lowest BCUT2D eigenvalue weighted by Crippen LogP contribution is -2.47. The van der Waals surface area contributed by atoms with Crippen LogP contribution in [0.4, 0.5) is 0 Å². The summed E-state index contributed by atoms with van der Waals surface area (Å²) in [4.78, 5) is 0. The molecule has 0 spiro atoms. The van der Waals surface area contributed by atoms with E-state index in [1.54, 1.807) is 0 Å². The smallest absolute Gasteiger partial charge is 0.277 e. The molecule has 1 aliphatic heterocycles. The molecule has 3 N–H and O–H groups in total. The number of hydrogen-bond donors (Lipinski definition) is 3. The van der Waals surface area contributed by atoms with Gasteiger partial charge in [-0.2, -0.15) is 13.1 Å². The monoisotopic (exact) mass is 251 g/mol. The molecule has 0 aromatic rings. The fourth-order valence-electron chi connectivity index (χ4n) is 1.28. The fourth-order valence-corrected chi connectivity index (χ4v) is 2.34. The van der Waals surface area contributed by atoms with E-state index in [1.165, 1.54) is 0 Å². The van der Waals surface area contributed by atoms with Gasteiger partial charge in [-0.15, -0.1) is 0 Å². The van der Waals surface area contributed by atoms with Crippen LogP contribution in [0.3, 0.4) is 0 Å². The van der Waals surface area contributed by atoms with Crippen LogP contribution < -0.4 is 14.8 Å². The van der Waals surface area contributed by atoms with Gasteiger partial charge in [0.2, 0.25) is 0 Å². The van der Waals surface area contributed by atoms with E-state index in [-0.39, 0.29) is 6.10 Å². The lowest BCUT2D eigenvalue weighted by Gasteiger charge is -2.23. The lowest BCUT2D eigenvalue weighted by atomic mass is 10.2. The second-order valence-corrected chi connectivity index (χ2v) is 5.88. The van der Waals surface area contributed by atoms with E-state index in [9.17, 15) is 8.42 Å². The zero-order valence-electron chi connectivity index (χ0n) is 9.82. The molecule has 0 aromatic carbocycles. The Morgan fingerprint density at radius 1 is 1.44 bits per heavy atom. The summed E-state index contributed by atoms with van der Waals surface area (Å²) < 4.78 is 33.3. The van der Waals surface area contributed by atoms with Gasteiger partial charge in [0.15, 0.2) is 0 Å². The van der Waals surface area contributed by atoms with E-state index in [0.717, 1.165) is 6.54 Å². The minimum atomic E-state index is -3.38. The van der Waals surface area contributed by atoms with Crippen molar-refractivity contribution in [3.05, 3.63) is 0 Å². The number of morpholine rings is 1. The maximum absolute atomic E-state index is 11.5. The van der Waals surface area contributed by atoms with Crippen molar-refractivity contribution in [2.75, 3.05) is 32.8 Å². The van der Waals surface area contributed by atoms with Crippen LogP contribution in [0.5, 0.6) is 0 Å². The van der Waals surface area contributed by atoms with E-state index in [2.05, 4.69) is 14.8 Å². The number of ether oxygens (including phenoxy) is 1. The molecule has 0 bridgehead atoms. The summed E-state index contributed by atoms with van der Waals surface area (Å²) in [6.45, 7) is 6.81. The molecule has 0 radical (unpaired) electrons. The Morgan fingerprint density at radius 3 is 2.75 bits per heavy atom. The Hall–Kier alpha value is -0.210. The van der Waals surface area contributed by atoms with Gasteiger partial charge in [-0.3, -0.25) is 0 Å². The van der Waals surface area contributed by atoms with Gasteiger partial charge in [0.25, 0.3) is 10.2 Å². The molecular formula is C9H21N3O3S. The van der Waals surface area contributed by atoms with Crippen LogP contribution in [0.1, 0.15) is 13.8 Å². The Balaban J connectivity index is 2.24. The molecule has 96 valence electrons. The van der Waals surface area contributed by atoms with E-state index < -0.39 is 10.2 Å². The zero-order chi connectivity index (χ0) is 12.0. The molecule has 1 aliphatic rings. The standard InChI is InChI=1S/C9H21N3O3S/c1-8(2)5-11-16(13,14)12-7-9-6-10-3-4-15-9/h8-12H,3-7H2,1-2H3. The average Bonchev–Trinajstić information content (AvgIpc) is 2.26. The van der Waals surface area contributed by atoms with Crippen molar-refractivity contribution in [2.24, 2.45) is 5.92 Å². The third-order valence-corrected chi connectivity index (χ3v) is 3.28. The quantitative estimate of drug-likeness (QED) is 0.569. The second kappa shape index (κ2) is 6.51. The molecule has 1 rings (SSSR count). The highest BCUT2D eigenvalue weighted by Gasteiger charge is 2.16. The Labute approximate surface area is 97.3 Å². The van der Waals surface area contributed by atoms with Crippen molar-refractivity contribution in [1.29, 1.82) is 0 Å². The number of rotatable bonds is 6. The van der Waals surface area contributed by atoms with E-state index in [4.69, 9.17) is 4.74 Å². The normalized spacial score (nSPS) is 22.6. The van der Waals surface area contributed by atoms with Crippen LogP contribution in [0, 0.1) is 5.92 Å². The summed E-state index contributed by atoms with van der Waals surface area (Å²) >= 11 is 0. The van der Waals surface area contributed by atoms with Gasteiger partial charge in [0.1, 0.15) is 0 Å². The van der Waals surface area contributed by atoms with Gasteiger partial charge in [0, 0.05) is 26.2 Å². The van der Waals surface area contributed by atoms with Gasteiger partial charge in [0.05, 0.1) is 12.7 Å².